The van der Waals surface area contributed by atoms with E-state index >= 15 is 0 Å². The van der Waals surface area contributed by atoms with E-state index in [-0.39, 0.29) is 72.8 Å². The van der Waals surface area contributed by atoms with Crippen LogP contribution in [-0.2, 0) is 122 Å². The second-order valence-corrected chi connectivity index (χ2v) is 42.2. The van der Waals surface area contributed by atoms with E-state index in [4.69, 9.17) is 69.4 Å². The molecular formula is C114H154ClN27O8. The molecule has 15 heterocycles. The fourth-order valence-electron chi connectivity index (χ4n) is 20.9. The van der Waals surface area contributed by atoms with Crippen molar-refractivity contribution in [3.63, 3.8) is 0 Å². The van der Waals surface area contributed by atoms with Crippen LogP contribution >= 0.6 is 11.6 Å². The van der Waals surface area contributed by atoms with Crippen LogP contribution in [0.2, 0.25) is 5.02 Å². The Bertz CT molecular complexity index is 6270. The van der Waals surface area contributed by atoms with E-state index in [2.05, 4.69) is 206 Å². The van der Waals surface area contributed by atoms with Gasteiger partial charge in [-0.15, -0.1) is 0 Å². The van der Waals surface area contributed by atoms with Crippen LogP contribution in [0.25, 0.3) is 0 Å². The normalized spacial score (nSPS) is 17.0. The average molecular weight is 2070 g/mol. The number of carbonyl (C=O) groups excluding carboxylic acids is 5. The molecular weight excluding hydrogens is 1910 g/mol. The molecule has 36 heteroatoms. The van der Waals surface area contributed by atoms with Crippen LogP contribution in [0.1, 0.15) is 241 Å². The van der Waals surface area contributed by atoms with Crippen LogP contribution in [0, 0.1) is 0 Å². The van der Waals surface area contributed by atoms with Crippen LogP contribution in [0.15, 0.2) is 115 Å². The van der Waals surface area contributed by atoms with Gasteiger partial charge in [0, 0.05) is 143 Å². The van der Waals surface area contributed by atoms with Crippen LogP contribution in [0.5, 0.6) is 18.0 Å². The number of nitrogen functional groups attached to an aromatic ring is 5. The number of anilines is 12. The largest absolute Gasteiger partial charge is 0.464 e. The molecule has 5 fully saturated rings. The van der Waals surface area contributed by atoms with Crippen molar-refractivity contribution in [3.8, 4) is 18.0 Å². The van der Waals surface area contributed by atoms with E-state index in [0.29, 0.717) is 165 Å². The first-order valence-corrected chi connectivity index (χ1v) is 54.9. The first-order valence-electron chi connectivity index (χ1n) is 54.5. The quantitative estimate of drug-likeness (QED) is 0.0177. The van der Waals surface area contributed by atoms with Crippen LogP contribution in [0.4, 0.5) is 70.1 Å². The first-order chi connectivity index (χ1) is 72.7. The van der Waals surface area contributed by atoms with Crippen LogP contribution < -0.4 is 78.0 Å². The molecule has 0 spiro atoms. The summed E-state index contributed by atoms with van der Waals surface area (Å²) in [5.74, 6) is 7.16. The van der Waals surface area contributed by atoms with Crippen molar-refractivity contribution in [3.05, 3.63) is 204 Å². The molecule has 0 bridgehead atoms. The number of rotatable bonds is 38. The highest BCUT2D eigenvalue weighted by atomic mass is 35.5. The van der Waals surface area contributed by atoms with Crippen LogP contribution in [-0.4, -0.2) is 233 Å². The second kappa shape index (κ2) is 53.1. The van der Waals surface area contributed by atoms with E-state index < -0.39 is 5.54 Å². The van der Waals surface area contributed by atoms with Crippen LogP contribution in [0.3, 0.4) is 0 Å². The number of nitrogens with zero attached hydrogens (tertiary/aromatic N) is 20. The van der Waals surface area contributed by atoms with Gasteiger partial charge >= 0.3 is 18.0 Å². The smallest absolute Gasteiger partial charge is 0.320 e. The number of fused-ring (bicyclic) bond motifs is 5. The molecule has 10 aliphatic heterocycles. The minimum Gasteiger partial charge on any atom is -0.464 e. The lowest BCUT2D eigenvalue weighted by Gasteiger charge is -2.43. The van der Waals surface area contributed by atoms with Crippen molar-refractivity contribution in [1.82, 2.24) is 74.3 Å². The Morgan fingerprint density at radius 2 is 0.600 bits per heavy atom. The Labute approximate surface area is 888 Å². The average Bonchev–Trinajstić information content (AvgIpc) is 0.892. The number of ketones is 5. The van der Waals surface area contributed by atoms with Gasteiger partial charge in [0.15, 0.2) is 28.9 Å². The molecule has 0 amide bonds. The number of likely N-dealkylation sites (tertiary alicyclic amines) is 5. The summed E-state index contributed by atoms with van der Waals surface area (Å²) in [6.07, 6.45) is 21.1. The number of unbranched alkanes of at least 4 members (excludes halogenated alkanes) is 4. The van der Waals surface area contributed by atoms with Gasteiger partial charge in [-0.2, -0.15) is 49.8 Å². The predicted molar refractivity (Wildman–Crippen MR) is 594 cm³/mol. The predicted octanol–water partition coefficient (Wildman–Crippen LogP) is 15.2. The summed E-state index contributed by atoms with van der Waals surface area (Å²) >= 11 is 6.43. The topological polar surface area (TPSA) is 428 Å². The van der Waals surface area contributed by atoms with Gasteiger partial charge in [0.1, 0.15) is 58.2 Å². The number of carbonyl (C=O) groups is 5. The number of nitrogens with two attached hydrogens (primary N) is 5. The number of halogens is 1. The molecule has 150 heavy (non-hydrogen) atoms. The summed E-state index contributed by atoms with van der Waals surface area (Å²) in [5, 5.41) is 7.22. The van der Waals surface area contributed by atoms with Crippen molar-refractivity contribution in [2.24, 2.45) is 0 Å². The molecule has 0 saturated carbocycles. The summed E-state index contributed by atoms with van der Waals surface area (Å²) in [4.78, 5) is 130. The number of Topliss-reactive ketones (excluding diaryl/α,β-unsaturated/α-hetero) is 5. The lowest BCUT2D eigenvalue weighted by atomic mass is 9.86. The van der Waals surface area contributed by atoms with Crippen molar-refractivity contribution in [2.45, 2.75) is 261 Å². The highest BCUT2D eigenvalue weighted by Gasteiger charge is 2.43. The number of benzene rings is 5. The molecule has 5 aromatic carbocycles. The molecule has 800 valence electrons. The minimum atomic E-state index is -0.695. The number of ether oxygens (including phenoxy) is 3. The number of hydrogen-bond acceptors (Lipinski definition) is 35. The summed E-state index contributed by atoms with van der Waals surface area (Å²) in [6.45, 7) is 38.3. The summed E-state index contributed by atoms with van der Waals surface area (Å²) in [6, 6.07) is 41.6. The number of nitrogens with one attached hydrogen (secondary N) is 2. The molecule has 10 aromatic rings. The monoisotopic (exact) mass is 2060 g/mol. The summed E-state index contributed by atoms with van der Waals surface area (Å²) < 4.78 is 16.9. The third-order valence-electron chi connectivity index (χ3n) is 29.1. The molecule has 0 aliphatic carbocycles. The van der Waals surface area contributed by atoms with Gasteiger partial charge in [0.25, 0.3) is 0 Å². The van der Waals surface area contributed by atoms with E-state index in [1.165, 1.54) is 149 Å². The van der Waals surface area contributed by atoms with Crippen molar-refractivity contribution in [1.29, 1.82) is 0 Å². The molecule has 5 saturated heterocycles. The van der Waals surface area contributed by atoms with Gasteiger partial charge in [-0.1, -0.05) is 168 Å². The molecule has 0 radical (unpaired) electrons. The van der Waals surface area contributed by atoms with Crippen molar-refractivity contribution in [2.75, 3.05) is 188 Å². The maximum Gasteiger partial charge on any atom is 0.320 e. The molecule has 10 aliphatic rings. The van der Waals surface area contributed by atoms with E-state index in [9.17, 15) is 24.0 Å². The lowest BCUT2D eigenvalue weighted by molar-refractivity contribution is -0.123. The van der Waals surface area contributed by atoms with E-state index in [1.54, 1.807) is 0 Å². The first kappa shape index (κ1) is 110. The Balaban J connectivity index is 0.000000134. The fraction of sp³-hybridized carbons (Fsp3) is 0.518. The maximum absolute atomic E-state index is 13.0. The Kier molecular flexibility index (Phi) is 38.8. The zero-order valence-corrected chi connectivity index (χ0v) is 89.8. The zero-order valence-electron chi connectivity index (χ0n) is 89.0. The molecule has 5 aromatic heterocycles. The highest BCUT2D eigenvalue weighted by molar-refractivity contribution is 6.30. The third-order valence-corrected chi connectivity index (χ3v) is 29.3. The summed E-state index contributed by atoms with van der Waals surface area (Å²) in [5.41, 5.74) is 45.9. The van der Waals surface area contributed by atoms with Gasteiger partial charge in [0.2, 0.25) is 11.9 Å². The van der Waals surface area contributed by atoms with E-state index in [0.717, 1.165) is 150 Å². The van der Waals surface area contributed by atoms with Gasteiger partial charge in [-0.05, 0) is 237 Å². The lowest BCUT2D eigenvalue weighted by Crippen LogP contribution is -2.54. The van der Waals surface area contributed by atoms with Crippen molar-refractivity contribution >= 4 is 111 Å². The van der Waals surface area contributed by atoms with Crippen molar-refractivity contribution < 1.29 is 38.2 Å². The minimum absolute atomic E-state index is 0.0989. The molecule has 0 unspecified atom stereocenters. The fourth-order valence-corrected chi connectivity index (χ4v) is 21.2. The second-order valence-electron chi connectivity index (χ2n) is 41.8. The Morgan fingerprint density at radius 1 is 0.313 bits per heavy atom. The Morgan fingerprint density at radius 3 is 0.960 bits per heavy atom. The summed E-state index contributed by atoms with van der Waals surface area (Å²) in [7, 11) is 0. The molecule has 12 N–H and O–H groups in total. The van der Waals surface area contributed by atoms with Gasteiger partial charge in [-0.3, -0.25) is 48.5 Å². The van der Waals surface area contributed by atoms with Gasteiger partial charge in [-0.25, -0.2) is 0 Å². The standard InChI is InChI=1S/C25H35N5O2.C23H30ClN5O2.C23H32N6O.C22H30N6O.C21H27N5O2/c1-4-5-13-32-24-27-22(26)20-15-21(31)25(2,3)30(23(20)28-24)17-19-10-8-9-18(14-19)16-29-11-6-7-12-29;1-2-3-8-31-23-26-21(25)20-12-19(30)15-29(22(20)27-23)14-17-9-16(10-18(24)11-17)13-28-6-4-5-7-28;1-2-3-10-25-23-26-21(24)20-13-19(30)16-29(22(20)27-23)15-18-8-6-17(7-9-18)14-28-11-4-5-12-28;1-2-3-8-24-22-25-20(23)19-12-18(29)15-28(21(19)26-22)14-17-7-4-6-16(11-17)13-27-9-5-10-27;1-2-28-21-23-19(22)18-11-17(27)14-26(20(18)24-21)13-16-7-5-6-15(10-16)12-25-8-3-4-9-25/h8-10,14H,4-7,11-13,15-17H2,1-3H3,(H2,26,27,28);9-11H,2-8,12-15H2,1H3,(H2,25,26,27);6-9H,2-5,10-16H2,1H3,(H3,24,25,26,27);4,6-7,11H,2-3,5,8-10,12-15H2,1H3,(H3,23,24,25,26);5-7,10H,2-4,8-9,11-14H2,1H3,(H2,22,23,24). The molecule has 20 rings (SSSR count). The maximum atomic E-state index is 13.0. The highest BCUT2D eigenvalue weighted by Crippen LogP contribution is 2.41. The third kappa shape index (κ3) is 30.0. The molecule has 0 atom stereocenters. The van der Waals surface area contributed by atoms with Gasteiger partial charge in [0.05, 0.1) is 51.5 Å². The van der Waals surface area contributed by atoms with E-state index in [1.807, 2.05) is 52.5 Å². The molecule has 35 nitrogen and oxygen atoms in total. The number of aromatic nitrogens is 10. The Hall–Kier alpha value is -13.1. The van der Waals surface area contributed by atoms with Gasteiger partial charge < -0.3 is 78.0 Å². The number of hydrogen-bond donors (Lipinski definition) is 7. The SMILES string of the molecule is CCCCNc1nc(N)c2c(n1)N(Cc1ccc(CN3CCCC3)cc1)CC(=O)C2.CCCCNc1nc(N)c2c(n1)N(Cc1cccc(CN3CCC3)c1)CC(=O)C2.CCCCOc1nc(N)c2c(n1)N(Cc1cc(Cl)cc(CN3CCCC3)c1)CC(=O)C2.CCCCOc1nc(N)c2c(n1)N(Cc1cccc(CN3CCCC3)c1)C(C)(C)C(=O)C2.CCOc1nc(N)c2c(n1)N(Cc1cccc(CN3CCCC3)c1)CC(=O)C2. The zero-order chi connectivity index (χ0) is 105.